The molecule has 7 heteroatoms. The molecule has 23 heavy (non-hydrogen) atoms. The average molecular weight is 338 g/mol. The Morgan fingerprint density at radius 2 is 2.13 bits per heavy atom. The first-order chi connectivity index (χ1) is 11.0. The number of thioether (sulfide) groups is 1. The summed E-state index contributed by atoms with van der Waals surface area (Å²) >= 11 is 1.49. The molecule has 0 aromatic carbocycles. The Kier molecular flexibility index (Phi) is 8.32. The van der Waals surface area contributed by atoms with Gasteiger partial charge in [0.2, 0.25) is 5.91 Å². The summed E-state index contributed by atoms with van der Waals surface area (Å²) in [5, 5.41) is 9.01. The third kappa shape index (κ3) is 6.81. The molecular formula is C16H22N2O4S. The molecule has 1 aromatic heterocycles. The molecule has 1 amide bonds. The van der Waals surface area contributed by atoms with Crippen LogP contribution in [0.2, 0.25) is 0 Å². The minimum atomic E-state index is -0.994. The van der Waals surface area contributed by atoms with Gasteiger partial charge in [0.15, 0.2) is 5.78 Å². The van der Waals surface area contributed by atoms with Crippen molar-refractivity contribution in [1.29, 1.82) is 0 Å². The summed E-state index contributed by atoms with van der Waals surface area (Å²) in [7, 11) is 0. The molecule has 0 aliphatic heterocycles. The van der Waals surface area contributed by atoms with Crippen LogP contribution >= 0.6 is 11.8 Å². The van der Waals surface area contributed by atoms with Crippen molar-refractivity contribution in [1.82, 2.24) is 9.88 Å². The van der Waals surface area contributed by atoms with Crippen LogP contribution in [-0.4, -0.2) is 57.2 Å². The van der Waals surface area contributed by atoms with Gasteiger partial charge in [0.1, 0.15) is 0 Å². The summed E-state index contributed by atoms with van der Waals surface area (Å²) in [6.45, 7) is 4.67. The van der Waals surface area contributed by atoms with Crippen LogP contribution in [0.4, 0.5) is 0 Å². The number of carboxylic acids is 1. The van der Waals surface area contributed by atoms with Crippen LogP contribution in [0.1, 0.15) is 30.6 Å². The molecule has 1 N–H and O–H groups in total. The first kappa shape index (κ1) is 19.2. The Morgan fingerprint density at radius 3 is 2.65 bits per heavy atom. The number of aliphatic carboxylic acids is 1. The summed E-state index contributed by atoms with van der Waals surface area (Å²) in [4.78, 5) is 40.3. The maximum Gasteiger partial charge on any atom is 0.304 e. The molecule has 0 spiro atoms. The van der Waals surface area contributed by atoms with Crippen molar-refractivity contribution in [2.45, 2.75) is 20.3 Å². The minimum Gasteiger partial charge on any atom is -0.481 e. The smallest absolute Gasteiger partial charge is 0.304 e. The predicted molar refractivity (Wildman–Crippen MR) is 89.6 cm³/mol. The molecule has 0 bridgehead atoms. The van der Waals surface area contributed by atoms with Crippen LogP contribution in [0.3, 0.4) is 0 Å². The van der Waals surface area contributed by atoms with Gasteiger partial charge >= 0.3 is 5.97 Å². The van der Waals surface area contributed by atoms with Crippen LogP contribution < -0.4 is 0 Å². The molecule has 1 aromatic rings. The first-order valence-electron chi connectivity index (χ1n) is 7.45. The molecule has 1 heterocycles. The van der Waals surface area contributed by atoms with Gasteiger partial charge in [-0.05, 0) is 19.1 Å². The monoisotopic (exact) mass is 338 g/mol. The summed E-state index contributed by atoms with van der Waals surface area (Å²) in [5.41, 5.74) is 0.429. The van der Waals surface area contributed by atoms with Crippen LogP contribution in [-0.2, 0) is 9.59 Å². The Morgan fingerprint density at radius 1 is 1.39 bits per heavy atom. The highest BCUT2D eigenvalue weighted by atomic mass is 32.2. The Bertz CT molecular complexity index is 536. The summed E-state index contributed by atoms with van der Waals surface area (Å²) < 4.78 is 0. The van der Waals surface area contributed by atoms with Gasteiger partial charge in [0, 0.05) is 55.4 Å². The van der Waals surface area contributed by atoms with Crippen molar-refractivity contribution in [3.8, 4) is 0 Å². The van der Waals surface area contributed by atoms with Gasteiger partial charge < -0.3 is 10.0 Å². The lowest BCUT2D eigenvalue weighted by atomic mass is 9.97. The van der Waals surface area contributed by atoms with E-state index in [-0.39, 0.29) is 18.1 Å². The average Bonchev–Trinajstić information content (AvgIpc) is 2.53. The molecular weight excluding hydrogens is 316 g/mol. The van der Waals surface area contributed by atoms with Crippen LogP contribution in [0.25, 0.3) is 0 Å². The molecule has 0 saturated carbocycles. The number of carbonyl (C=O) groups excluding carboxylic acids is 2. The highest BCUT2D eigenvalue weighted by Crippen LogP contribution is 2.18. The zero-order valence-electron chi connectivity index (χ0n) is 13.4. The molecule has 6 nitrogen and oxygen atoms in total. The third-order valence-corrected chi connectivity index (χ3v) is 4.50. The molecule has 0 fully saturated rings. The largest absolute Gasteiger partial charge is 0.481 e. The van der Waals surface area contributed by atoms with Gasteiger partial charge in [-0.1, -0.05) is 0 Å². The van der Waals surface area contributed by atoms with E-state index in [2.05, 4.69) is 4.98 Å². The molecule has 1 rings (SSSR count). The number of aromatic nitrogens is 1. The molecule has 0 aliphatic carbocycles. The fourth-order valence-electron chi connectivity index (χ4n) is 2.12. The normalized spacial score (nSPS) is 11.7. The maximum atomic E-state index is 12.4. The van der Waals surface area contributed by atoms with E-state index >= 15 is 0 Å². The Hall–Kier alpha value is -1.89. The number of carboxylic acid groups (broad SMARTS) is 1. The lowest BCUT2D eigenvalue weighted by Crippen LogP contribution is -2.31. The predicted octanol–water partition coefficient (Wildman–Crippen LogP) is 1.96. The van der Waals surface area contributed by atoms with Crippen molar-refractivity contribution in [2.75, 3.05) is 24.6 Å². The molecule has 0 aliphatic rings. The highest BCUT2D eigenvalue weighted by Gasteiger charge is 2.23. The number of rotatable bonds is 10. The van der Waals surface area contributed by atoms with Crippen molar-refractivity contribution in [3.63, 3.8) is 0 Å². The fourth-order valence-corrected chi connectivity index (χ4v) is 3.19. The second-order valence-electron chi connectivity index (χ2n) is 5.07. The van der Waals surface area contributed by atoms with Crippen LogP contribution in [0.15, 0.2) is 24.5 Å². The van der Waals surface area contributed by atoms with Crippen molar-refractivity contribution in [2.24, 2.45) is 5.92 Å². The second kappa shape index (κ2) is 9.99. The van der Waals surface area contributed by atoms with Gasteiger partial charge in [-0.25, -0.2) is 0 Å². The van der Waals surface area contributed by atoms with Crippen molar-refractivity contribution >= 4 is 29.4 Å². The topological polar surface area (TPSA) is 87.6 Å². The third-order valence-electron chi connectivity index (χ3n) is 3.39. The van der Waals surface area contributed by atoms with Gasteiger partial charge in [0.25, 0.3) is 0 Å². The summed E-state index contributed by atoms with van der Waals surface area (Å²) in [5.74, 6) is -0.686. The molecule has 126 valence electrons. The van der Waals surface area contributed by atoms with E-state index in [4.69, 9.17) is 5.11 Å². The van der Waals surface area contributed by atoms with E-state index < -0.39 is 11.9 Å². The lowest BCUT2D eigenvalue weighted by Gasteiger charge is -2.19. The maximum absolute atomic E-state index is 12.4. The lowest BCUT2D eigenvalue weighted by molar-refractivity contribution is -0.137. The molecule has 1 unspecified atom stereocenters. The number of nitrogens with zero attached hydrogens (tertiary/aromatic N) is 2. The number of hydrogen-bond acceptors (Lipinski definition) is 5. The van der Waals surface area contributed by atoms with E-state index in [1.165, 1.54) is 24.9 Å². The van der Waals surface area contributed by atoms with E-state index in [1.54, 1.807) is 23.2 Å². The number of carbonyl (C=O) groups is 3. The molecule has 0 radical (unpaired) electrons. The molecule has 1 atom stereocenters. The standard InChI is InChI=1S/C16H22N2O4S/c1-3-18(12(2)19)7-8-23-11-14(9-15(20)21)16(22)13-5-4-6-17-10-13/h4-6,10,14H,3,7-9,11H2,1-2H3,(H,20,21). The van der Waals surface area contributed by atoms with E-state index in [1.807, 2.05) is 6.92 Å². The van der Waals surface area contributed by atoms with Crippen LogP contribution in [0, 0.1) is 5.92 Å². The Balaban J connectivity index is 2.57. The van der Waals surface area contributed by atoms with E-state index in [0.29, 0.717) is 30.2 Å². The van der Waals surface area contributed by atoms with Crippen molar-refractivity contribution in [3.05, 3.63) is 30.1 Å². The van der Waals surface area contributed by atoms with Crippen LogP contribution in [0.5, 0.6) is 0 Å². The first-order valence-corrected chi connectivity index (χ1v) is 8.60. The van der Waals surface area contributed by atoms with Gasteiger partial charge in [0.05, 0.1) is 6.42 Å². The SMILES string of the molecule is CCN(CCSCC(CC(=O)O)C(=O)c1cccnc1)C(C)=O. The minimum absolute atomic E-state index is 0.0154. The highest BCUT2D eigenvalue weighted by molar-refractivity contribution is 7.99. The van der Waals surface area contributed by atoms with E-state index in [0.717, 1.165) is 0 Å². The zero-order chi connectivity index (χ0) is 17.2. The summed E-state index contributed by atoms with van der Waals surface area (Å²) in [6.07, 6.45) is 2.82. The fraction of sp³-hybridized carbons (Fsp3) is 0.500. The number of ketones is 1. The van der Waals surface area contributed by atoms with Gasteiger partial charge in [-0.2, -0.15) is 11.8 Å². The number of hydrogen-bond donors (Lipinski definition) is 1. The van der Waals surface area contributed by atoms with Gasteiger partial charge in [-0.3, -0.25) is 19.4 Å². The van der Waals surface area contributed by atoms with E-state index in [9.17, 15) is 14.4 Å². The van der Waals surface area contributed by atoms with Gasteiger partial charge in [-0.15, -0.1) is 0 Å². The second-order valence-corrected chi connectivity index (χ2v) is 6.22. The molecule has 0 saturated heterocycles. The zero-order valence-corrected chi connectivity index (χ0v) is 14.2. The Labute approximate surface area is 140 Å². The number of Topliss-reactive ketones (excluding diaryl/α,β-unsaturated/α-hetero) is 1. The quantitative estimate of drug-likeness (QED) is 0.518. The summed E-state index contributed by atoms with van der Waals surface area (Å²) in [6, 6.07) is 3.30. The number of amides is 1. The number of pyridine rings is 1. The van der Waals surface area contributed by atoms with Crippen molar-refractivity contribution < 1.29 is 19.5 Å².